The highest BCUT2D eigenvalue weighted by Gasteiger charge is 2.27. The number of ether oxygens (including phenoxy) is 1. The van der Waals surface area contributed by atoms with Gasteiger partial charge in [0.2, 0.25) is 0 Å². The van der Waals surface area contributed by atoms with Crippen molar-refractivity contribution >= 4 is 11.6 Å². The normalized spacial score (nSPS) is 22.6. The molecule has 110 valence electrons. The molecule has 2 rings (SSSR count). The van der Waals surface area contributed by atoms with Gasteiger partial charge in [-0.1, -0.05) is 6.92 Å². The van der Waals surface area contributed by atoms with E-state index in [2.05, 4.69) is 17.2 Å². The van der Waals surface area contributed by atoms with E-state index in [1.54, 1.807) is 12.4 Å². The molecule has 1 fully saturated rings. The third kappa shape index (κ3) is 3.48. The van der Waals surface area contributed by atoms with Gasteiger partial charge >= 0.3 is 0 Å². The number of nitrogens with one attached hydrogen (secondary N) is 1. The van der Waals surface area contributed by atoms with Crippen LogP contribution in [0.3, 0.4) is 0 Å². The molecule has 1 aliphatic rings. The van der Waals surface area contributed by atoms with E-state index in [4.69, 9.17) is 4.74 Å². The third-order valence-electron chi connectivity index (χ3n) is 3.32. The zero-order chi connectivity index (χ0) is 14.5. The third-order valence-corrected chi connectivity index (χ3v) is 3.32. The quantitative estimate of drug-likeness (QED) is 0.916. The molecule has 5 heteroatoms. The average Bonchev–Trinajstić information content (AvgIpc) is 2.43. The van der Waals surface area contributed by atoms with Gasteiger partial charge in [-0.2, -0.15) is 0 Å². The number of nitrogens with zero attached hydrogens (tertiary/aromatic N) is 2. The van der Waals surface area contributed by atoms with Gasteiger partial charge in [-0.15, -0.1) is 0 Å². The minimum Gasteiger partial charge on any atom is -0.384 e. The predicted molar refractivity (Wildman–Crippen MR) is 78.9 cm³/mol. The Morgan fingerprint density at radius 1 is 1.45 bits per heavy atom. The maximum Gasteiger partial charge on any atom is 0.257 e. The molecule has 2 atom stereocenters. The van der Waals surface area contributed by atoms with Crippen LogP contribution in [0.2, 0.25) is 0 Å². The average molecular weight is 277 g/mol. The summed E-state index contributed by atoms with van der Waals surface area (Å²) in [5.74, 6) is 0.0266. The minimum atomic E-state index is 0.0266. The standard InChI is InChI=1S/C15H23N3O2/c1-4-6-17-14-5-7-16-8-13(14)15(19)18-9-11(2)20-12(3)10-18/h5,7-8,11-12H,4,6,9-10H2,1-3H3,(H,16,17)/t11-,12+. The summed E-state index contributed by atoms with van der Waals surface area (Å²) in [6, 6.07) is 1.86. The van der Waals surface area contributed by atoms with Crippen molar-refractivity contribution in [3.05, 3.63) is 24.0 Å². The van der Waals surface area contributed by atoms with Gasteiger partial charge in [-0.25, -0.2) is 0 Å². The number of carbonyl (C=O) groups is 1. The zero-order valence-corrected chi connectivity index (χ0v) is 12.4. The highest BCUT2D eigenvalue weighted by Crippen LogP contribution is 2.19. The molecule has 1 aliphatic heterocycles. The molecule has 1 aromatic rings. The summed E-state index contributed by atoms with van der Waals surface area (Å²) >= 11 is 0. The van der Waals surface area contributed by atoms with Crippen LogP contribution in [-0.4, -0.2) is 47.6 Å². The van der Waals surface area contributed by atoms with Crippen LogP contribution in [-0.2, 0) is 4.74 Å². The Bertz CT molecular complexity index is 454. The van der Waals surface area contributed by atoms with Gasteiger partial charge in [-0.3, -0.25) is 9.78 Å². The molecule has 0 radical (unpaired) electrons. The molecular formula is C15H23N3O2. The highest BCUT2D eigenvalue weighted by molar-refractivity contribution is 5.99. The van der Waals surface area contributed by atoms with Crippen molar-refractivity contribution in [1.82, 2.24) is 9.88 Å². The van der Waals surface area contributed by atoms with Gasteiger partial charge in [0.1, 0.15) is 0 Å². The summed E-state index contributed by atoms with van der Waals surface area (Å²) in [4.78, 5) is 18.6. The van der Waals surface area contributed by atoms with Crippen LogP contribution in [0, 0.1) is 0 Å². The first kappa shape index (κ1) is 14.8. The lowest BCUT2D eigenvalue weighted by atomic mass is 10.1. The number of anilines is 1. The highest BCUT2D eigenvalue weighted by atomic mass is 16.5. The molecule has 0 aromatic carbocycles. The van der Waals surface area contributed by atoms with Crippen LogP contribution >= 0.6 is 0 Å². The fourth-order valence-corrected chi connectivity index (χ4v) is 2.49. The SMILES string of the molecule is CCCNc1ccncc1C(=O)N1C[C@@H](C)O[C@@H](C)C1. The number of pyridine rings is 1. The van der Waals surface area contributed by atoms with E-state index in [-0.39, 0.29) is 18.1 Å². The second-order valence-corrected chi connectivity index (χ2v) is 5.32. The second kappa shape index (κ2) is 6.70. The fraction of sp³-hybridized carbons (Fsp3) is 0.600. The Labute approximate surface area is 120 Å². The number of rotatable bonds is 4. The zero-order valence-electron chi connectivity index (χ0n) is 12.4. The van der Waals surface area contributed by atoms with Gasteiger partial charge in [0.15, 0.2) is 0 Å². The Morgan fingerprint density at radius 3 is 2.80 bits per heavy atom. The van der Waals surface area contributed by atoms with E-state index < -0.39 is 0 Å². The smallest absolute Gasteiger partial charge is 0.257 e. The molecule has 1 N–H and O–H groups in total. The molecule has 1 amide bonds. The summed E-state index contributed by atoms with van der Waals surface area (Å²) in [5.41, 5.74) is 1.50. The Morgan fingerprint density at radius 2 is 2.15 bits per heavy atom. The van der Waals surface area contributed by atoms with Gasteiger partial charge < -0.3 is 15.0 Å². The van der Waals surface area contributed by atoms with Crippen LogP contribution in [0.5, 0.6) is 0 Å². The van der Waals surface area contributed by atoms with E-state index in [0.29, 0.717) is 18.7 Å². The summed E-state index contributed by atoms with van der Waals surface area (Å²) in [6.45, 7) is 8.20. The fourth-order valence-electron chi connectivity index (χ4n) is 2.49. The Hall–Kier alpha value is -1.62. The van der Waals surface area contributed by atoms with Crippen LogP contribution in [0.1, 0.15) is 37.6 Å². The monoisotopic (exact) mass is 277 g/mol. The maximum absolute atomic E-state index is 12.7. The molecule has 1 saturated heterocycles. The van der Waals surface area contributed by atoms with Crippen LogP contribution < -0.4 is 5.32 Å². The molecular weight excluding hydrogens is 254 g/mol. The molecule has 1 aromatic heterocycles. The van der Waals surface area contributed by atoms with Crippen LogP contribution in [0.4, 0.5) is 5.69 Å². The molecule has 5 nitrogen and oxygen atoms in total. The molecule has 20 heavy (non-hydrogen) atoms. The van der Waals surface area contributed by atoms with Crippen molar-refractivity contribution in [2.24, 2.45) is 0 Å². The lowest BCUT2D eigenvalue weighted by molar-refractivity contribution is -0.0586. The van der Waals surface area contributed by atoms with Crippen molar-refractivity contribution in [3.63, 3.8) is 0 Å². The lowest BCUT2D eigenvalue weighted by Crippen LogP contribution is -2.48. The van der Waals surface area contributed by atoms with Crippen molar-refractivity contribution in [1.29, 1.82) is 0 Å². The van der Waals surface area contributed by atoms with E-state index in [1.165, 1.54) is 0 Å². The predicted octanol–water partition coefficient (Wildman–Crippen LogP) is 2.15. The first-order chi connectivity index (χ1) is 9.61. The number of hydrogen-bond acceptors (Lipinski definition) is 4. The second-order valence-electron chi connectivity index (χ2n) is 5.32. The first-order valence-corrected chi connectivity index (χ1v) is 7.24. The van der Waals surface area contributed by atoms with Gasteiger partial charge in [0, 0.05) is 32.0 Å². The lowest BCUT2D eigenvalue weighted by Gasteiger charge is -2.35. The number of amides is 1. The van der Waals surface area contributed by atoms with E-state index >= 15 is 0 Å². The van der Waals surface area contributed by atoms with Crippen LogP contribution in [0.15, 0.2) is 18.5 Å². The summed E-state index contributed by atoms with van der Waals surface area (Å²) in [6.07, 6.45) is 4.52. The van der Waals surface area contributed by atoms with Crippen molar-refractivity contribution in [2.75, 3.05) is 25.0 Å². The van der Waals surface area contributed by atoms with Crippen LogP contribution in [0.25, 0.3) is 0 Å². The number of aromatic nitrogens is 1. The Kier molecular flexibility index (Phi) is 4.95. The summed E-state index contributed by atoms with van der Waals surface area (Å²) in [7, 11) is 0. The van der Waals surface area contributed by atoms with Gasteiger partial charge in [0.05, 0.1) is 23.5 Å². The number of morpholine rings is 1. The molecule has 2 heterocycles. The first-order valence-electron chi connectivity index (χ1n) is 7.24. The number of carbonyl (C=O) groups excluding carboxylic acids is 1. The van der Waals surface area contributed by atoms with Gasteiger partial charge in [0.25, 0.3) is 5.91 Å². The molecule has 0 aliphatic carbocycles. The maximum atomic E-state index is 12.7. The van der Waals surface area contributed by atoms with Crippen molar-refractivity contribution < 1.29 is 9.53 Å². The Balaban J connectivity index is 2.15. The van der Waals surface area contributed by atoms with Crippen molar-refractivity contribution in [2.45, 2.75) is 39.4 Å². The molecule has 0 saturated carbocycles. The number of hydrogen-bond donors (Lipinski definition) is 1. The molecule has 0 spiro atoms. The topological polar surface area (TPSA) is 54.5 Å². The molecule has 0 bridgehead atoms. The van der Waals surface area contributed by atoms with Crippen molar-refractivity contribution in [3.8, 4) is 0 Å². The summed E-state index contributed by atoms with van der Waals surface area (Å²) < 4.78 is 5.67. The largest absolute Gasteiger partial charge is 0.384 e. The minimum absolute atomic E-state index is 0.0266. The van der Waals surface area contributed by atoms with Gasteiger partial charge in [-0.05, 0) is 26.3 Å². The van der Waals surface area contributed by atoms with E-state index in [9.17, 15) is 4.79 Å². The van der Waals surface area contributed by atoms with E-state index in [1.807, 2.05) is 24.8 Å². The van der Waals surface area contributed by atoms with E-state index in [0.717, 1.165) is 18.7 Å². The molecule has 0 unspecified atom stereocenters. The summed E-state index contributed by atoms with van der Waals surface area (Å²) in [5, 5.41) is 3.29.